The van der Waals surface area contributed by atoms with Crippen LogP contribution in [0, 0.1) is 13.8 Å². The molecule has 24 heavy (non-hydrogen) atoms. The Bertz CT molecular complexity index is 676. The molecule has 2 atom stereocenters. The molecule has 1 amide bonds. The van der Waals surface area contributed by atoms with Gasteiger partial charge in [-0.3, -0.25) is 4.79 Å². The second-order valence-electron chi connectivity index (χ2n) is 6.45. The molecule has 2 heterocycles. The summed E-state index contributed by atoms with van der Waals surface area (Å²) in [4.78, 5) is 14.6. The van der Waals surface area contributed by atoms with Crippen molar-refractivity contribution in [3.63, 3.8) is 0 Å². The monoisotopic (exact) mass is 328 g/mol. The fraction of sp³-hybridized carbons (Fsp3) is 0.474. The summed E-state index contributed by atoms with van der Waals surface area (Å²) in [5.74, 6) is 0.962. The van der Waals surface area contributed by atoms with E-state index in [-0.39, 0.29) is 18.1 Å². The Morgan fingerprint density at radius 1 is 1.25 bits per heavy atom. The van der Waals surface area contributed by atoms with E-state index in [1.54, 1.807) is 0 Å². The lowest BCUT2D eigenvalue weighted by Crippen LogP contribution is -2.46. The van der Waals surface area contributed by atoms with E-state index in [9.17, 15) is 4.79 Å². The quantitative estimate of drug-likeness (QED) is 0.865. The predicted molar refractivity (Wildman–Crippen MR) is 90.6 cm³/mol. The Hall–Kier alpha value is -2.14. The average Bonchev–Trinajstić information content (AvgIpc) is 2.91. The van der Waals surface area contributed by atoms with Crippen molar-refractivity contribution < 1.29 is 14.1 Å². The molecule has 1 aromatic carbocycles. The first-order valence-corrected chi connectivity index (χ1v) is 8.44. The number of hydrogen-bond acceptors (Lipinski definition) is 4. The summed E-state index contributed by atoms with van der Waals surface area (Å²) < 4.78 is 11.2. The predicted octanol–water partition coefficient (Wildman–Crippen LogP) is 3.21. The van der Waals surface area contributed by atoms with Gasteiger partial charge < -0.3 is 14.2 Å². The second kappa shape index (κ2) is 7.18. The minimum atomic E-state index is -0.0574. The molecule has 1 fully saturated rings. The Morgan fingerprint density at radius 2 is 2.00 bits per heavy atom. The van der Waals surface area contributed by atoms with Crippen LogP contribution in [0.4, 0.5) is 0 Å². The van der Waals surface area contributed by atoms with Gasteiger partial charge in [0.2, 0.25) is 5.91 Å². The Morgan fingerprint density at radius 3 is 2.67 bits per heavy atom. The summed E-state index contributed by atoms with van der Waals surface area (Å²) in [5, 5.41) is 3.95. The van der Waals surface area contributed by atoms with Gasteiger partial charge in [0.1, 0.15) is 11.9 Å². The average molecular weight is 328 g/mol. The zero-order chi connectivity index (χ0) is 17.1. The topological polar surface area (TPSA) is 55.6 Å². The zero-order valence-corrected chi connectivity index (χ0v) is 14.5. The van der Waals surface area contributed by atoms with Crippen molar-refractivity contribution in [2.45, 2.75) is 45.8 Å². The normalized spacial score (nSPS) is 21.0. The number of morpholine rings is 1. The van der Waals surface area contributed by atoms with Crippen LogP contribution in [-0.2, 0) is 16.0 Å². The molecule has 5 heteroatoms. The van der Waals surface area contributed by atoms with E-state index in [0.29, 0.717) is 25.9 Å². The summed E-state index contributed by atoms with van der Waals surface area (Å²) >= 11 is 0. The molecule has 0 bridgehead atoms. The second-order valence-corrected chi connectivity index (χ2v) is 6.45. The van der Waals surface area contributed by atoms with Crippen LogP contribution in [0.25, 0.3) is 0 Å². The third-order valence-corrected chi connectivity index (χ3v) is 4.55. The molecule has 1 aliphatic rings. The molecule has 5 nitrogen and oxygen atoms in total. The number of carbonyl (C=O) groups is 1. The van der Waals surface area contributed by atoms with Crippen LogP contribution in [0.1, 0.15) is 42.0 Å². The molecule has 2 aromatic rings. The minimum absolute atomic E-state index is 0.0342. The largest absolute Gasteiger partial charge is 0.367 e. The van der Waals surface area contributed by atoms with E-state index < -0.39 is 0 Å². The summed E-state index contributed by atoms with van der Waals surface area (Å²) in [6.45, 7) is 7.07. The maximum Gasteiger partial charge on any atom is 0.223 e. The van der Waals surface area contributed by atoms with Crippen LogP contribution >= 0.6 is 0 Å². The fourth-order valence-electron chi connectivity index (χ4n) is 3.26. The molecule has 0 N–H and O–H groups in total. The molecule has 128 valence electrons. The van der Waals surface area contributed by atoms with Crippen LogP contribution in [0.3, 0.4) is 0 Å². The molecule has 0 saturated carbocycles. The molecule has 0 aliphatic carbocycles. The molecular formula is C19H24N2O3. The highest BCUT2D eigenvalue weighted by Gasteiger charge is 2.29. The van der Waals surface area contributed by atoms with Gasteiger partial charge in [-0.15, -0.1) is 0 Å². The van der Waals surface area contributed by atoms with Gasteiger partial charge in [0.15, 0.2) is 0 Å². The van der Waals surface area contributed by atoms with E-state index in [0.717, 1.165) is 22.6 Å². The van der Waals surface area contributed by atoms with Crippen LogP contribution < -0.4 is 0 Å². The van der Waals surface area contributed by atoms with Gasteiger partial charge in [0, 0.05) is 18.5 Å². The van der Waals surface area contributed by atoms with Crippen molar-refractivity contribution in [3.05, 3.63) is 52.9 Å². The van der Waals surface area contributed by atoms with Gasteiger partial charge >= 0.3 is 0 Å². The van der Waals surface area contributed by atoms with Gasteiger partial charge in [0.25, 0.3) is 0 Å². The maximum atomic E-state index is 12.7. The van der Waals surface area contributed by atoms with Crippen molar-refractivity contribution in [2.24, 2.45) is 0 Å². The van der Waals surface area contributed by atoms with Gasteiger partial charge in [-0.2, -0.15) is 0 Å². The molecule has 1 aromatic heterocycles. The number of carbonyl (C=O) groups excluding carboxylic acids is 1. The number of ether oxygens (including phenoxy) is 1. The third-order valence-electron chi connectivity index (χ3n) is 4.55. The SMILES string of the molecule is Cc1noc(C)c1CCC(=O)N1C[C@@H](c2ccccc2)O[C@@H](C)C1. The zero-order valence-electron chi connectivity index (χ0n) is 14.5. The number of rotatable bonds is 4. The molecular weight excluding hydrogens is 304 g/mol. The third kappa shape index (κ3) is 3.67. The number of aryl methyl sites for hydroxylation is 2. The van der Waals surface area contributed by atoms with Crippen LogP contribution in [0.15, 0.2) is 34.9 Å². The molecule has 1 aliphatic heterocycles. The highest BCUT2D eigenvalue weighted by molar-refractivity contribution is 5.76. The van der Waals surface area contributed by atoms with Crippen molar-refractivity contribution in [3.8, 4) is 0 Å². The highest BCUT2D eigenvalue weighted by Crippen LogP contribution is 2.26. The summed E-state index contributed by atoms with van der Waals surface area (Å²) in [7, 11) is 0. The van der Waals surface area contributed by atoms with Gasteiger partial charge in [-0.25, -0.2) is 0 Å². The van der Waals surface area contributed by atoms with Crippen LogP contribution in [-0.4, -0.2) is 35.2 Å². The first kappa shape index (κ1) is 16.7. The van der Waals surface area contributed by atoms with Crippen LogP contribution in [0.2, 0.25) is 0 Å². The van der Waals surface area contributed by atoms with E-state index in [2.05, 4.69) is 17.3 Å². The molecule has 1 saturated heterocycles. The number of benzene rings is 1. The number of hydrogen-bond donors (Lipinski definition) is 0. The molecule has 0 radical (unpaired) electrons. The lowest BCUT2D eigenvalue weighted by atomic mass is 10.0. The maximum absolute atomic E-state index is 12.7. The van der Waals surface area contributed by atoms with E-state index >= 15 is 0 Å². The van der Waals surface area contributed by atoms with Gasteiger partial charge in [-0.05, 0) is 32.8 Å². The molecule has 3 rings (SSSR count). The molecule has 0 unspecified atom stereocenters. The highest BCUT2D eigenvalue weighted by atomic mass is 16.5. The van der Waals surface area contributed by atoms with E-state index in [1.807, 2.05) is 43.9 Å². The van der Waals surface area contributed by atoms with E-state index in [1.165, 1.54) is 0 Å². The standard InChI is InChI=1S/C19H24N2O3/c1-13-11-21(12-18(23-13)16-7-5-4-6-8-16)19(22)10-9-17-14(2)20-24-15(17)3/h4-8,13,18H,9-12H2,1-3H3/t13-,18-/m0/s1. The van der Waals surface area contributed by atoms with Crippen molar-refractivity contribution >= 4 is 5.91 Å². The van der Waals surface area contributed by atoms with Gasteiger partial charge in [0.05, 0.1) is 18.3 Å². The minimum Gasteiger partial charge on any atom is -0.367 e. The Labute approximate surface area is 142 Å². The van der Waals surface area contributed by atoms with Crippen molar-refractivity contribution in [2.75, 3.05) is 13.1 Å². The summed E-state index contributed by atoms with van der Waals surface area (Å²) in [6, 6.07) is 10.1. The van der Waals surface area contributed by atoms with Gasteiger partial charge in [-0.1, -0.05) is 35.5 Å². The Balaban J connectivity index is 1.64. The number of aromatic nitrogens is 1. The molecule has 0 spiro atoms. The fourth-order valence-corrected chi connectivity index (χ4v) is 3.26. The lowest BCUT2D eigenvalue weighted by Gasteiger charge is -2.37. The van der Waals surface area contributed by atoms with E-state index in [4.69, 9.17) is 9.26 Å². The summed E-state index contributed by atoms with van der Waals surface area (Å²) in [6.07, 6.45) is 1.11. The Kier molecular flexibility index (Phi) is 5.00. The van der Waals surface area contributed by atoms with Crippen molar-refractivity contribution in [1.29, 1.82) is 0 Å². The van der Waals surface area contributed by atoms with Crippen LogP contribution in [0.5, 0.6) is 0 Å². The smallest absolute Gasteiger partial charge is 0.223 e. The number of nitrogens with zero attached hydrogens (tertiary/aromatic N) is 2. The first-order chi connectivity index (χ1) is 11.5. The first-order valence-electron chi connectivity index (χ1n) is 8.44. The number of amides is 1. The lowest BCUT2D eigenvalue weighted by molar-refractivity contribution is -0.144. The summed E-state index contributed by atoms with van der Waals surface area (Å²) in [5.41, 5.74) is 3.04. The van der Waals surface area contributed by atoms with Crippen molar-refractivity contribution in [1.82, 2.24) is 10.1 Å².